The van der Waals surface area contributed by atoms with Gasteiger partial charge in [0.05, 0.1) is 19.3 Å². The Balaban J connectivity index is 1.93. The minimum absolute atomic E-state index is 0.0806. The molecule has 0 spiro atoms. The molecule has 0 aromatic heterocycles. The minimum atomic E-state index is -0.183. The number of hydrogen-bond donors (Lipinski definition) is 1. The molecule has 0 saturated carbocycles. The summed E-state index contributed by atoms with van der Waals surface area (Å²) in [4.78, 5) is 2.27. The van der Waals surface area contributed by atoms with Crippen LogP contribution in [0.25, 0.3) is 0 Å². The molecule has 1 fully saturated rings. The topological polar surface area (TPSA) is 32.7 Å². The van der Waals surface area contributed by atoms with Gasteiger partial charge in [0.2, 0.25) is 0 Å². The molecule has 1 aromatic carbocycles. The van der Waals surface area contributed by atoms with E-state index in [1.165, 1.54) is 6.07 Å². The molecule has 0 radical (unpaired) electrons. The minimum Gasteiger partial charge on any atom is -0.394 e. The van der Waals surface area contributed by atoms with E-state index in [0.29, 0.717) is 6.61 Å². The van der Waals surface area contributed by atoms with Crippen LogP contribution in [-0.2, 0) is 4.74 Å². The van der Waals surface area contributed by atoms with E-state index in [9.17, 15) is 4.39 Å². The molecule has 3 nitrogen and oxygen atoms in total. The third kappa shape index (κ3) is 3.21. The quantitative estimate of drug-likeness (QED) is 0.892. The highest BCUT2D eigenvalue weighted by Gasteiger charge is 2.20. The van der Waals surface area contributed by atoms with Crippen molar-refractivity contribution >= 4 is 5.69 Å². The molecule has 2 rings (SSSR count). The van der Waals surface area contributed by atoms with E-state index in [1.807, 2.05) is 13.0 Å². The summed E-state index contributed by atoms with van der Waals surface area (Å²) in [5.74, 6) is -0.183. The van der Waals surface area contributed by atoms with Crippen molar-refractivity contribution in [1.29, 1.82) is 0 Å². The second-order valence-corrected chi connectivity index (χ2v) is 4.71. The zero-order valence-corrected chi connectivity index (χ0v) is 10.7. The highest BCUT2D eigenvalue weighted by Crippen LogP contribution is 2.25. The number of aryl methyl sites for hydroxylation is 1. The van der Waals surface area contributed by atoms with Crippen LogP contribution in [0, 0.1) is 12.7 Å². The molecule has 0 amide bonds. The molecule has 1 heterocycles. The van der Waals surface area contributed by atoms with Gasteiger partial charge >= 0.3 is 0 Å². The molecule has 100 valence electrons. The summed E-state index contributed by atoms with van der Waals surface area (Å²) in [6.07, 6.45) is 2.15. The van der Waals surface area contributed by atoms with Crippen LogP contribution in [0.5, 0.6) is 0 Å². The number of aliphatic hydroxyl groups excluding tert-OH is 1. The predicted molar refractivity (Wildman–Crippen MR) is 69.4 cm³/mol. The summed E-state index contributed by atoms with van der Waals surface area (Å²) in [5, 5.41) is 8.72. The first-order chi connectivity index (χ1) is 8.70. The van der Waals surface area contributed by atoms with Crippen LogP contribution < -0.4 is 4.90 Å². The Morgan fingerprint density at radius 1 is 1.39 bits per heavy atom. The molecule has 1 aliphatic rings. The standard InChI is InChI=1S/C14H20FNO2/c1-11-10-12(15)2-3-14(11)16-6-4-13(5-7-16)18-9-8-17/h2-3,10,13,17H,4-9H2,1H3. The van der Waals surface area contributed by atoms with E-state index in [0.717, 1.165) is 37.2 Å². The number of ether oxygens (including phenoxy) is 1. The molecule has 0 aliphatic carbocycles. The number of piperidine rings is 1. The molecular weight excluding hydrogens is 233 g/mol. The summed E-state index contributed by atoms with van der Waals surface area (Å²) in [5.41, 5.74) is 2.08. The van der Waals surface area contributed by atoms with Crippen LogP contribution in [0.4, 0.5) is 10.1 Å². The van der Waals surface area contributed by atoms with Gasteiger partial charge in [-0.3, -0.25) is 0 Å². The molecule has 1 saturated heterocycles. The highest BCUT2D eigenvalue weighted by atomic mass is 19.1. The summed E-state index contributed by atoms with van der Waals surface area (Å²) >= 11 is 0. The van der Waals surface area contributed by atoms with E-state index < -0.39 is 0 Å². The average molecular weight is 253 g/mol. The molecule has 1 aliphatic heterocycles. The zero-order chi connectivity index (χ0) is 13.0. The van der Waals surface area contributed by atoms with Gasteiger partial charge in [-0.1, -0.05) is 0 Å². The van der Waals surface area contributed by atoms with Gasteiger partial charge < -0.3 is 14.7 Å². The van der Waals surface area contributed by atoms with Gasteiger partial charge in [-0.25, -0.2) is 4.39 Å². The van der Waals surface area contributed by atoms with Crippen molar-refractivity contribution in [3.63, 3.8) is 0 Å². The summed E-state index contributed by atoms with van der Waals surface area (Å²) in [6, 6.07) is 4.93. The maximum Gasteiger partial charge on any atom is 0.123 e. The third-order valence-electron chi connectivity index (χ3n) is 3.39. The number of nitrogens with zero attached hydrogens (tertiary/aromatic N) is 1. The molecule has 18 heavy (non-hydrogen) atoms. The molecule has 0 bridgehead atoms. The monoisotopic (exact) mass is 253 g/mol. The molecular formula is C14H20FNO2. The largest absolute Gasteiger partial charge is 0.394 e. The van der Waals surface area contributed by atoms with Gasteiger partial charge in [-0.2, -0.15) is 0 Å². The SMILES string of the molecule is Cc1cc(F)ccc1N1CCC(OCCO)CC1. The van der Waals surface area contributed by atoms with Crippen molar-refractivity contribution in [2.24, 2.45) is 0 Å². The van der Waals surface area contributed by atoms with E-state index in [1.54, 1.807) is 6.07 Å². The number of rotatable bonds is 4. The maximum atomic E-state index is 13.1. The first kappa shape index (κ1) is 13.3. The van der Waals surface area contributed by atoms with E-state index in [4.69, 9.17) is 9.84 Å². The first-order valence-corrected chi connectivity index (χ1v) is 6.44. The Morgan fingerprint density at radius 3 is 2.72 bits per heavy atom. The molecule has 0 atom stereocenters. The predicted octanol–water partition coefficient (Wildman–Crippen LogP) is 2.11. The van der Waals surface area contributed by atoms with Crippen LogP contribution in [0.2, 0.25) is 0 Å². The Labute approximate surface area is 107 Å². The number of anilines is 1. The van der Waals surface area contributed by atoms with Crippen LogP contribution in [0.15, 0.2) is 18.2 Å². The Morgan fingerprint density at radius 2 is 2.11 bits per heavy atom. The number of benzene rings is 1. The lowest BCUT2D eigenvalue weighted by atomic mass is 10.1. The van der Waals surface area contributed by atoms with Gasteiger partial charge in [-0.15, -0.1) is 0 Å². The van der Waals surface area contributed by atoms with E-state index in [2.05, 4.69) is 4.90 Å². The molecule has 1 aromatic rings. The van der Waals surface area contributed by atoms with Gasteiger partial charge in [0, 0.05) is 18.8 Å². The molecule has 1 N–H and O–H groups in total. The van der Waals surface area contributed by atoms with Crippen LogP contribution in [-0.4, -0.2) is 37.5 Å². The lowest BCUT2D eigenvalue weighted by Gasteiger charge is -2.34. The summed E-state index contributed by atoms with van der Waals surface area (Å²) in [7, 11) is 0. The molecule has 4 heteroatoms. The fraction of sp³-hybridized carbons (Fsp3) is 0.571. The summed E-state index contributed by atoms with van der Waals surface area (Å²) < 4.78 is 18.6. The second kappa shape index (κ2) is 6.16. The van der Waals surface area contributed by atoms with Crippen molar-refractivity contribution in [3.05, 3.63) is 29.6 Å². The Bertz CT molecular complexity index is 389. The van der Waals surface area contributed by atoms with Crippen molar-refractivity contribution < 1.29 is 14.2 Å². The van der Waals surface area contributed by atoms with E-state index >= 15 is 0 Å². The molecule has 0 unspecified atom stereocenters. The lowest BCUT2D eigenvalue weighted by Crippen LogP contribution is -2.37. The summed E-state index contributed by atoms with van der Waals surface area (Å²) in [6.45, 7) is 4.27. The Hall–Kier alpha value is -1.13. The highest BCUT2D eigenvalue weighted by molar-refractivity contribution is 5.53. The van der Waals surface area contributed by atoms with Crippen molar-refractivity contribution in [1.82, 2.24) is 0 Å². The fourth-order valence-corrected chi connectivity index (χ4v) is 2.46. The van der Waals surface area contributed by atoms with Crippen LogP contribution >= 0.6 is 0 Å². The number of aliphatic hydroxyl groups is 1. The van der Waals surface area contributed by atoms with Gasteiger partial charge in [0.1, 0.15) is 5.82 Å². The van der Waals surface area contributed by atoms with Crippen LogP contribution in [0.3, 0.4) is 0 Å². The average Bonchev–Trinajstić information content (AvgIpc) is 2.37. The maximum absolute atomic E-state index is 13.1. The van der Waals surface area contributed by atoms with Gasteiger partial charge in [-0.05, 0) is 43.5 Å². The normalized spacial score (nSPS) is 17.2. The van der Waals surface area contributed by atoms with E-state index in [-0.39, 0.29) is 18.5 Å². The van der Waals surface area contributed by atoms with Gasteiger partial charge in [0.15, 0.2) is 0 Å². The van der Waals surface area contributed by atoms with Crippen molar-refractivity contribution in [3.8, 4) is 0 Å². The number of hydrogen-bond acceptors (Lipinski definition) is 3. The van der Waals surface area contributed by atoms with Gasteiger partial charge in [0.25, 0.3) is 0 Å². The van der Waals surface area contributed by atoms with Crippen LogP contribution in [0.1, 0.15) is 18.4 Å². The Kier molecular flexibility index (Phi) is 4.55. The second-order valence-electron chi connectivity index (χ2n) is 4.71. The van der Waals surface area contributed by atoms with Crippen molar-refractivity contribution in [2.75, 3.05) is 31.2 Å². The first-order valence-electron chi connectivity index (χ1n) is 6.44. The van der Waals surface area contributed by atoms with Crippen molar-refractivity contribution in [2.45, 2.75) is 25.9 Å². The fourth-order valence-electron chi connectivity index (χ4n) is 2.46. The zero-order valence-electron chi connectivity index (χ0n) is 10.7. The number of halogens is 1. The third-order valence-corrected chi connectivity index (χ3v) is 3.39. The smallest absolute Gasteiger partial charge is 0.123 e. The lowest BCUT2D eigenvalue weighted by molar-refractivity contribution is 0.0159.